The zero-order chi connectivity index (χ0) is 84.9. The van der Waals surface area contributed by atoms with Gasteiger partial charge in [0.05, 0.1) is 12.5 Å². The van der Waals surface area contributed by atoms with Crippen LogP contribution in [0.4, 0.5) is 0 Å². The summed E-state index contributed by atoms with van der Waals surface area (Å²) >= 11 is 0. The van der Waals surface area contributed by atoms with Crippen LogP contribution in [0.3, 0.4) is 0 Å². The fraction of sp³-hybridized carbons (Fsp3) is 0.595. The van der Waals surface area contributed by atoms with Gasteiger partial charge in [-0.2, -0.15) is 0 Å². The maximum absolute atomic E-state index is 14.7. The molecule has 0 heterocycles. The van der Waals surface area contributed by atoms with Gasteiger partial charge in [0.25, 0.3) is 0 Å². The van der Waals surface area contributed by atoms with E-state index in [0.29, 0.717) is 12.8 Å². The predicted octanol–water partition coefficient (Wildman–Crippen LogP) is -2.71. The molecule has 0 aliphatic carbocycles. The van der Waals surface area contributed by atoms with E-state index in [1.54, 1.807) is 95.3 Å². The number of nitrogens with one attached hydrogen (secondary N) is 13. The second-order valence-corrected chi connectivity index (χ2v) is 28.0. The minimum absolute atomic E-state index is 0.0319. The summed E-state index contributed by atoms with van der Waals surface area (Å²) in [6.45, 7) is 9.99. The van der Waals surface area contributed by atoms with E-state index in [2.05, 4.69) is 74.1 Å². The Balaban J connectivity index is 2.55. The number of unbranched alkanes of at least 4 members (excludes halogenated alkanes) is 2. The highest BCUT2D eigenvalue weighted by molar-refractivity contribution is 6.00. The number of nitrogens with two attached hydrogens (primary N) is 4. The monoisotopic (exact) mass is 1590 g/mol. The molecule has 0 aromatic heterocycles. The van der Waals surface area contributed by atoms with E-state index in [0.717, 1.165) is 11.1 Å². The van der Waals surface area contributed by atoms with Crippen LogP contribution >= 0.6 is 0 Å². The summed E-state index contributed by atoms with van der Waals surface area (Å²) in [6.07, 6.45) is -4.96. The summed E-state index contributed by atoms with van der Waals surface area (Å²) in [5.41, 5.74) is 23.6. The summed E-state index contributed by atoms with van der Waals surface area (Å²) in [7, 11) is 1.34. The van der Waals surface area contributed by atoms with Crippen LogP contribution in [0.25, 0.3) is 0 Å². The van der Waals surface area contributed by atoms with Crippen LogP contribution < -0.4 is 92.1 Å². The molecule has 12 atom stereocenters. The van der Waals surface area contributed by atoms with Crippen molar-refractivity contribution < 1.29 is 102 Å². The summed E-state index contributed by atoms with van der Waals surface area (Å²) < 4.78 is 0. The molecular formula is C74H116N18O21. The van der Waals surface area contributed by atoms with Gasteiger partial charge in [-0.1, -0.05) is 108 Å². The van der Waals surface area contributed by atoms with Crippen molar-refractivity contribution in [2.75, 3.05) is 20.1 Å². The van der Waals surface area contributed by atoms with E-state index < -0.39 is 237 Å². The number of aryl methyl sites for hydroxylation is 1. The van der Waals surface area contributed by atoms with Gasteiger partial charge >= 0.3 is 23.9 Å². The number of carbonyl (C=O) groups is 17. The molecule has 25 N–H and O–H groups in total. The van der Waals surface area contributed by atoms with Gasteiger partial charge in [0, 0.05) is 45.8 Å². The Morgan fingerprint density at radius 3 is 1.16 bits per heavy atom. The van der Waals surface area contributed by atoms with Gasteiger partial charge in [-0.05, 0) is 120 Å². The first-order valence-corrected chi connectivity index (χ1v) is 37.7. The topological polar surface area (TPSA) is 644 Å². The van der Waals surface area contributed by atoms with Crippen molar-refractivity contribution in [2.24, 2.45) is 39.8 Å². The van der Waals surface area contributed by atoms with Crippen molar-refractivity contribution in [3.63, 3.8) is 0 Å². The molecule has 13 amide bonds. The SMILES string of the molecule is CCCC[C@H](NC(=O)[C@H](CCC(N)=O)NC(=O)[C@H](CCCCN)NC(=O)[C@@H](CCc1ccccc1)NC(=O)[C@H](CC(C)C)NC(=O)[C@H](CC(=O)O)NCc1ccccc1)C(=O)N[C@@H](CCC(=O)O)C(=O)N[C@@H](CCC(=O)O)C(=O)N[C@@H](CCC(=O)O)C(=O)N[C@@H](C)C(=O)N[C@H](C(=O)N[C@@H](CCCN=C(N)N)C(=O)NC)C(C)C. The number of hydrogen-bond donors (Lipinski definition) is 21. The Morgan fingerprint density at radius 1 is 0.389 bits per heavy atom. The lowest BCUT2D eigenvalue weighted by Gasteiger charge is -2.28. The van der Waals surface area contributed by atoms with E-state index >= 15 is 0 Å². The number of benzene rings is 2. The van der Waals surface area contributed by atoms with Crippen molar-refractivity contribution in [1.82, 2.24) is 69.1 Å². The molecule has 113 heavy (non-hydrogen) atoms. The molecule has 0 unspecified atom stereocenters. The Bertz CT molecular complexity index is 3530. The minimum Gasteiger partial charge on any atom is -0.481 e. The molecule has 0 aliphatic rings. The summed E-state index contributed by atoms with van der Waals surface area (Å²) in [4.78, 5) is 234. The summed E-state index contributed by atoms with van der Waals surface area (Å²) in [6, 6.07) is -0.765. The van der Waals surface area contributed by atoms with Crippen LogP contribution in [-0.2, 0) is 94.5 Å². The molecule has 0 fully saturated rings. The van der Waals surface area contributed by atoms with Crippen LogP contribution in [0.15, 0.2) is 65.7 Å². The van der Waals surface area contributed by atoms with E-state index in [4.69, 9.17) is 22.9 Å². The van der Waals surface area contributed by atoms with E-state index in [1.165, 1.54) is 14.0 Å². The summed E-state index contributed by atoms with van der Waals surface area (Å²) in [5.74, 6) is -19.6. The van der Waals surface area contributed by atoms with E-state index in [-0.39, 0.29) is 89.3 Å². The fourth-order valence-electron chi connectivity index (χ4n) is 11.4. The number of guanidine groups is 1. The van der Waals surface area contributed by atoms with Crippen LogP contribution in [0.1, 0.15) is 175 Å². The lowest BCUT2D eigenvalue weighted by atomic mass is 10.00. The fourth-order valence-corrected chi connectivity index (χ4v) is 11.4. The van der Waals surface area contributed by atoms with Crippen molar-refractivity contribution in [3.8, 4) is 0 Å². The Kier molecular flexibility index (Phi) is 45.6. The second-order valence-electron chi connectivity index (χ2n) is 28.0. The first-order chi connectivity index (χ1) is 53.4. The lowest BCUT2D eigenvalue weighted by Crippen LogP contribution is -2.61. The number of carboxylic acid groups (broad SMARTS) is 4. The molecule has 39 nitrogen and oxygen atoms in total. The van der Waals surface area contributed by atoms with Gasteiger partial charge < -0.3 is 112 Å². The quantitative estimate of drug-likeness (QED) is 0.0182. The highest BCUT2D eigenvalue weighted by atomic mass is 16.4. The van der Waals surface area contributed by atoms with Crippen LogP contribution in [0, 0.1) is 11.8 Å². The zero-order valence-corrected chi connectivity index (χ0v) is 65.1. The molecule has 2 rings (SSSR count). The van der Waals surface area contributed by atoms with E-state index in [1.807, 2.05) is 0 Å². The molecule has 0 spiro atoms. The maximum atomic E-state index is 14.7. The third-order valence-electron chi connectivity index (χ3n) is 17.7. The molecular weight excluding hydrogens is 1480 g/mol. The molecule has 39 heteroatoms. The van der Waals surface area contributed by atoms with Gasteiger partial charge in [0.2, 0.25) is 76.8 Å². The number of primary amides is 1. The first kappa shape index (κ1) is 97.7. The van der Waals surface area contributed by atoms with Crippen molar-refractivity contribution in [3.05, 3.63) is 71.8 Å². The molecule has 2 aromatic carbocycles. The Labute approximate surface area is 655 Å². The Hall–Kier alpha value is -11.4. The number of likely N-dealkylation sites (N-methyl/N-ethyl adjacent to an activating group) is 1. The van der Waals surface area contributed by atoms with E-state index in [9.17, 15) is 102 Å². The smallest absolute Gasteiger partial charge is 0.305 e. The average Bonchev–Trinajstić information content (AvgIpc) is 0.859. The normalized spacial score (nSPS) is 14.2. The summed E-state index contributed by atoms with van der Waals surface area (Å²) in [5, 5.41) is 71.8. The molecule has 0 aliphatic heterocycles. The maximum Gasteiger partial charge on any atom is 0.305 e. The van der Waals surface area contributed by atoms with Gasteiger partial charge in [-0.3, -0.25) is 86.5 Å². The molecule has 628 valence electrons. The Morgan fingerprint density at radius 2 is 0.761 bits per heavy atom. The largest absolute Gasteiger partial charge is 0.481 e. The first-order valence-electron chi connectivity index (χ1n) is 37.7. The number of aliphatic imine (C=N–C) groups is 1. The van der Waals surface area contributed by atoms with Crippen molar-refractivity contribution >= 4 is 107 Å². The number of rotatable bonds is 57. The number of hydrogen-bond acceptors (Lipinski definition) is 20. The van der Waals surface area contributed by atoms with Gasteiger partial charge in [-0.25, -0.2) is 0 Å². The minimum atomic E-state index is -1.94. The van der Waals surface area contributed by atoms with Gasteiger partial charge in [-0.15, -0.1) is 0 Å². The number of aliphatic carboxylic acids is 4. The zero-order valence-electron chi connectivity index (χ0n) is 65.1. The third-order valence-corrected chi connectivity index (χ3v) is 17.7. The van der Waals surface area contributed by atoms with Crippen LogP contribution in [0.2, 0.25) is 0 Å². The number of nitrogens with zero attached hydrogens (tertiary/aromatic N) is 1. The number of carbonyl (C=O) groups excluding carboxylic acids is 13. The predicted molar refractivity (Wildman–Crippen MR) is 411 cm³/mol. The lowest BCUT2D eigenvalue weighted by molar-refractivity contribution is -0.140. The average molecular weight is 1590 g/mol. The molecule has 0 radical (unpaired) electrons. The standard InChI is InChI=1S/C74H116N18O21/c1-8-9-23-47(65(105)87-52(30-34-58(96)97)70(110)88-53(31-35-59(98)99)69(109)86-51(29-33-57(94)95)64(104)82-43(6)62(102)92-61(42(4)5)73(113)90-46(63(103)79-7)25-18-37-80-74(77)78)83-68(108)50(28-32-56(76)93)85-66(106)48(24-16-17-36-75)84-67(107)49(27-26-44-19-12-10-13-20-44)89-72(112)55(38-41(2)3)91-71(111)54(39-60(100)101)81-40-45-21-14-11-15-22-45/h10-15,19-22,41-43,46-55,61,81H,8-9,16-18,23-40,75H2,1-7H3,(H2,76,93)(H,79,103)(H,82,104)(H,83,108)(H,84,107)(H,85,106)(H,86,109)(H,87,105)(H,88,110)(H,89,112)(H,90,113)(H,91,111)(H,92,102)(H,94,95)(H,96,97)(H,98,99)(H,100,101)(H4,77,78,80)/t43-,46-,47-,48-,49+,50-,51-,52-,53-,54-,55-,61-/m0/s1. The third kappa shape index (κ3) is 39.9. The second kappa shape index (κ2) is 52.7. The van der Waals surface area contributed by atoms with Crippen LogP contribution in [-0.4, -0.2) is 220 Å². The highest BCUT2D eigenvalue weighted by Crippen LogP contribution is 2.16. The number of amides is 13. The molecule has 0 bridgehead atoms. The highest BCUT2D eigenvalue weighted by Gasteiger charge is 2.38. The van der Waals surface area contributed by atoms with Gasteiger partial charge in [0.1, 0.15) is 66.5 Å². The number of carboxylic acids is 4. The van der Waals surface area contributed by atoms with Crippen molar-refractivity contribution in [2.45, 2.75) is 249 Å². The van der Waals surface area contributed by atoms with Gasteiger partial charge in [0.15, 0.2) is 5.96 Å². The van der Waals surface area contributed by atoms with Crippen LogP contribution in [0.5, 0.6) is 0 Å². The molecule has 0 saturated carbocycles. The molecule has 0 saturated heterocycles. The molecule has 2 aromatic rings. The van der Waals surface area contributed by atoms with Crippen molar-refractivity contribution in [1.29, 1.82) is 0 Å².